The summed E-state index contributed by atoms with van der Waals surface area (Å²) in [6.45, 7) is 0. The van der Waals surface area contributed by atoms with Gasteiger partial charge in [-0.1, -0.05) is 18.2 Å². The summed E-state index contributed by atoms with van der Waals surface area (Å²) in [5.41, 5.74) is 0. The van der Waals surface area contributed by atoms with Crippen molar-refractivity contribution in [1.29, 1.82) is 0 Å². The molecule has 0 fully saturated rings. The molecule has 0 saturated carbocycles. The van der Waals surface area contributed by atoms with E-state index in [2.05, 4.69) is 13.5 Å². The first-order chi connectivity index (χ1) is 7.43. The van der Waals surface area contributed by atoms with E-state index in [1.54, 1.807) is 6.07 Å². The van der Waals surface area contributed by atoms with Crippen LogP contribution in [0.5, 0.6) is 0 Å². The monoisotopic (exact) mass is 287 g/mol. The molecule has 0 aromatic heterocycles. The molecular weight excluding hydrogens is 276 g/mol. The molecule has 0 saturated heterocycles. The first-order valence-corrected chi connectivity index (χ1v) is 7.13. The van der Waals surface area contributed by atoms with E-state index in [0.717, 1.165) is 14.2 Å². The molecule has 1 aromatic carbocycles. The standard InChI is InChI=1S/C8H11NO5PS.Na/c1-13-15(10,14-2)9-16(11,12)8-6-4-3-5-7-8;/h3-7H,1-2H3;/q-1;+1. The average molecular weight is 287 g/mol. The second kappa shape index (κ2) is 7.01. The number of hydrogen-bond donors (Lipinski definition) is 0. The Morgan fingerprint density at radius 3 is 2.00 bits per heavy atom. The van der Waals surface area contributed by atoms with Crippen molar-refractivity contribution in [2.45, 2.75) is 4.90 Å². The summed E-state index contributed by atoms with van der Waals surface area (Å²) in [4.78, 5) is -0.0654. The Hall–Kier alpha value is 0.280. The summed E-state index contributed by atoms with van der Waals surface area (Å²) < 4.78 is 46.9. The number of nitrogens with zero attached hydrogens (tertiary/aromatic N) is 1. The van der Waals surface area contributed by atoms with Crippen molar-refractivity contribution in [2.24, 2.45) is 0 Å². The molecule has 17 heavy (non-hydrogen) atoms. The number of hydrogen-bond acceptors (Lipinski definition) is 5. The molecule has 0 aliphatic rings. The van der Waals surface area contributed by atoms with E-state index >= 15 is 0 Å². The van der Waals surface area contributed by atoms with Crippen molar-refractivity contribution in [3.05, 3.63) is 34.8 Å². The van der Waals surface area contributed by atoms with E-state index in [0.29, 0.717) is 0 Å². The van der Waals surface area contributed by atoms with Crippen molar-refractivity contribution in [1.82, 2.24) is 0 Å². The predicted molar refractivity (Wildman–Crippen MR) is 58.6 cm³/mol. The molecule has 0 radical (unpaired) electrons. The SMILES string of the molecule is COP(=O)([N-]S(=O)(=O)c1ccccc1)OC.[Na+]. The Labute approximate surface area is 123 Å². The summed E-state index contributed by atoms with van der Waals surface area (Å²) in [6, 6.07) is 7.41. The molecule has 6 nitrogen and oxygen atoms in total. The van der Waals surface area contributed by atoms with E-state index in [-0.39, 0.29) is 34.5 Å². The van der Waals surface area contributed by atoms with Crippen LogP contribution >= 0.6 is 7.75 Å². The minimum Gasteiger partial charge on any atom is -0.438 e. The van der Waals surface area contributed by atoms with E-state index in [1.807, 2.05) is 0 Å². The van der Waals surface area contributed by atoms with E-state index < -0.39 is 17.8 Å². The third-order valence-electron chi connectivity index (χ3n) is 1.71. The predicted octanol–water partition coefficient (Wildman–Crippen LogP) is -0.846. The zero-order valence-electron chi connectivity index (χ0n) is 9.73. The summed E-state index contributed by atoms with van der Waals surface area (Å²) in [7, 11) is -5.83. The molecule has 0 amide bonds. The fourth-order valence-electron chi connectivity index (χ4n) is 0.912. The van der Waals surface area contributed by atoms with Crippen LogP contribution in [-0.2, 0) is 23.6 Å². The maximum atomic E-state index is 11.7. The molecule has 9 heteroatoms. The second-order valence-corrected chi connectivity index (χ2v) is 6.45. The Morgan fingerprint density at radius 2 is 1.59 bits per heavy atom. The van der Waals surface area contributed by atoms with Gasteiger partial charge in [-0.2, -0.15) is 0 Å². The first kappa shape index (κ1) is 17.3. The molecule has 1 aromatic rings. The van der Waals surface area contributed by atoms with Gasteiger partial charge in [0.1, 0.15) is 10.0 Å². The van der Waals surface area contributed by atoms with E-state index in [9.17, 15) is 13.0 Å². The van der Waals surface area contributed by atoms with Crippen molar-refractivity contribution in [3.8, 4) is 0 Å². The molecule has 0 unspecified atom stereocenters. The van der Waals surface area contributed by atoms with Gasteiger partial charge >= 0.3 is 29.6 Å². The Kier molecular flexibility index (Phi) is 7.13. The van der Waals surface area contributed by atoms with Gasteiger partial charge in [0, 0.05) is 19.1 Å². The third kappa shape index (κ3) is 4.81. The zero-order chi connectivity index (χ0) is 12.2. The second-order valence-electron chi connectivity index (χ2n) is 2.70. The quantitative estimate of drug-likeness (QED) is 0.520. The Morgan fingerprint density at radius 1 is 1.12 bits per heavy atom. The smallest absolute Gasteiger partial charge is 0.438 e. The third-order valence-corrected chi connectivity index (χ3v) is 5.16. The van der Waals surface area contributed by atoms with Crippen LogP contribution in [0.1, 0.15) is 0 Å². The van der Waals surface area contributed by atoms with Gasteiger partial charge in [0.25, 0.3) is 7.75 Å². The van der Waals surface area contributed by atoms with Crippen molar-refractivity contribution in [3.63, 3.8) is 0 Å². The zero-order valence-corrected chi connectivity index (χ0v) is 13.4. The van der Waals surface area contributed by atoms with Crippen LogP contribution in [0.3, 0.4) is 0 Å². The fraction of sp³-hybridized carbons (Fsp3) is 0.250. The van der Waals surface area contributed by atoms with Crippen LogP contribution in [0.4, 0.5) is 0 Å². The van der Waals surface area contributed by atoms with Gasteiger partial charge < -0.3 is 13.5 Å². The van der Waals surface area contributed by atoms with Gasteiger partial charge in [0.05, 0.1) is 0 Å². The molecule has 0 spiro atoms. The number of sulfonamides is 1. The number of rotatable bonds is 5. The summed E-state index contributed by atoms with van der Waals surface area (Å²) in [5.74, 6) is 0. The first-order valence-electron chi connectivity index (χ1n) is 4.19. The summed E-state index contributed by atoms with van der Waals surface area (Å²) >= 11 is 0. The van der Waals surface area contributed by atoms with Gasteiger partial charge in [-0.05, 0) is 12.1 Å². The normalized spacial score (nSPS) is 11.9. The van der Waals surface area contributed by atoms with Crippen LogP contribution < -0.4 is 29.6 Å². The van der Waals surface area contributed by atoms with Crippen LogP contribution in [-0.4, -0.2) is 22.6 Å². The largest absolute Gasteiger partial charge is 1.00 e. The van der Waals surface area contributed by atoms with Gasteiger partial charge in [-0.15, -0.1) is 0 Å². The maximum absolute atomic E-state index is 11.7. The van der Waals surface area contributed by atoms with Crippen molar-refractivity contribution >= 4 is 17.8 Å². The van der Waals surface area contributed by atoms with Crippen molar-refractivity contribution < 1.29 is 51.6 Å². The molecule has 0 N–H and O–H groups in total. The van der Waals surface area contributed by atoms with Gasteiger partial charge in [0.2, 0.25) is 0 Å². The topological polar surface area (TPSA) is 83.8 Å². The minimum absolute atomic E-state index is 0. The van der Waals surface area contributed by atoms with Crippen LogP contribution in [0, 0.1) is 0 Å². The van der Waals surface area contributed by atoms with Crippen molar-refractivity contribution in [2.75, 3.05) is 14.2 Å². The average Bonchev–Trinajstić information content (AvgIpc) is 2.29. The Balaban J connectivity index is 0.00000256. The van der Waals surface area contributed by atoms with E-state index in [1.165, 1.54) is 24.3 Å². The summed E-state index contributed by atoms with van der Waals surface area (Å²) in [5, 5.41) is 0. The molecule has 0 atom stereocenters. The van der Waals surface area contributed by atoms with Gasteiger partial charge in [0.15, 0.2) is 0 Å². The maximum Gasteiger partial charge on any atom is 1.00 e. The van der Waals surface area contributed by atoms with Crippen LogP contribution in [0.2, 0.25) is 0 Å². The van der Waals surface area contributed by atoms with Gasteiger partial charge in [-0.3, -0.25) is 4.57 Å². The molecule has 0 bridgehead atoms. The van der Waals surface area contributed by atoms with Gasteiger partial charge in [-0.25, -0.2) is 8.42 Å². The van der Waals surface area contributed by atoms with E-state index in [4.69, 9.17) is 0 Å². The summed E-state index contributed by atoms with van der Waals surface area (Å²) in [6.07, 6.45) is 0. The Bertz CT molecular complexity index is 484. The molecular formula is C8H11NNaO5PS. The molecule has 0 aliphatic heterocycles. The minimum atomic E-state index is -4.03. The molecule has 0 heterocycles. The fourth-order valence-corrected chi connectivity index (χ4v) is 3.53. The van der Waals surface area contributed by atoms with Crippen LogP contribution in [0.25, 0.3) is 4.49 Å². The number of benzene rings is 1. The molecule has 0 aliphatic carbocycles. The molecule has 90 valence electrons. The van der Waals surface area contributed by atoms with Crippen LogP contribution in [0.15, 0.2) is 35.2 Å². The molecule has 1 rings (SSSR count).